The molecule has 7 heteroatoms. The van der Waals surface area contributed by atoms with Gasteiger partial charge in [-0.1, -0.05) is 0 Å². The van der Waals surface area contributed by atoms with E-state index >= 15 is 0 Å². The monoisotopic (exact) mass is 322 g/mol. The van der Waals surface area contributed by atoms with Gasteiger partial charge < -0.3 is 5.11 Å². The van der Waals surface area contributed by atoms with Crippen LogP contribution in [0.25, 0.3) is 0 Å². The second kappa shape index (κ2) is 6.07. The average molecular weight is 322 g/mol. The molecule has 0 amide bonds. The zero-order valence-corrected chi connectivity index (χ0v) is 13.4. The van der Waals surface area contributed by atoms with Crippen LogP contribution >= 0.6 is 0 Å². The van der Waals surface area contributed by atoms with Crippen molar-refractivity contribution < 1.29 is 18.3 Å². The minimum atomic E-state index is -3.70. The minimum absolute atomic E-state index is 0.236. The molecule has 1 heterocycles. The summed E-state index contributed by atoms with van der Waals surface area (Å²) < 4.78 is 26.2. The van der Waals surface area contributed by atoms with Crippen molar-refractivity contribution in [1.29, 1.82) is 5.26 Å². The van der Waals surface area contributed by atoms with Crippen molar-refractivity contribution in [3.8, 4) is 6.07 Å². The summed E-state index contributed by atoms with van der Waals surface area (Å²) >= 11 is 0. The fraction of sp³-hybridized carbons (Fsp3) is 0.467. The lowest BCUT2D eigenvalue weighted by Gasteiger charge is -2.22. The van der Waals surface area contributed by atoms with Crippen LogP contribution in [-0.4, -0.2) is 36.4 Å². The number of aryl methyl sites for hydroxylation is 2. The Bertz CT molecular complexity index is 726. The second-order valence-electron chi connectivity index (χ2n) is 5.56. The van der Waals surface area contributed by atoms with E-state index in [9.17, 15) is 13.2 Å². The molecule has 0 aliphatic carbocycles. The van der Waals surface area contributed by atoms with Crippen molar-refractivity contribution in [1.82, 2.24) is 4.31 Å². The molecule has 1 aliphatic heterocycles. The molecule has 0 radical (unpaired) electrons. The summed E-state index contributed by atoms with van der Waals surface area (Å²) in [6, 6.07) is 4.37. The molecule has 118 valence electrons. The SMILES string of the molecule is Cc1cc(C#N)cc(C)c1CS(=O)(=O)N1CCCC1C(=O)O. The molecule has 1 aromatic rings. The van der Waals surface area contributed by atoms with E-state index in [-0.39, 0.29) is 12.3 Å². The zero-order valence-electron chi connectivity index (χ0n) is 12.5. The first kappa shape index (κ1) is 16.5. The van der Waals surface area contributed by atoms with Crippen LogP contribution in [0.2, 0.25) is 0 Å². The van der Waals surface area contributed by atoms with E-state index in [1.807, 2.05) is 6.07 Å². The topological polar surface area (TPSA) is 98.5 Å². The number of carboxylic acid groups (broad SMARTS) is 1. The van der Waals surface area contributed by atoms with Gasteiger partial charge in [0.1, 0.15) is 6.04 Å². The maximum absolute atomic E-state index is 12.6. The highest BCUT2D eigenvalue weighted by Crippen LogP contribution is 2.26. The fourth-order valence-corrected chi connectivity index (χ4v) is 4.85. The molecule has 1 fully saturated rings. The number of hydrogen-bond donors (Lipinski definition) is 1. The normalized spacial score (nSPS) is 19.0. The highest BCUT2D eigenvalue weighted by atomic mass is 32.2. The molecule has 1 aliphatic rings. The molecule has 0 spiro atoms. The van der Waals surface area contributed by atoms with Gasteiger partial charge in [-0.15, -0.1) is 0 Å². The van der Waals surface area contributed by atoms with Crippen molar-refractivity contribution in [2.24, 2.45) is 0 Å². The molecule has 1 saturated heterocycles. The third kappa shape index (κ3) is 3.13. The lowest BCUT2D eigenvalue weighted by Crippen LogP contribution is -2.41. The second-order valence-corrected chi connectivity index (χ2v) is 7.49. The summed E-state index contributed by atoms with van der Waals surface area (Å²) in [6.07, 6.45) is 0.904. The Morgan fingerprint density at radius 1 is 1.41 bits per heavy atom. The number of nitrogens with zero attached hydrogens (tertiary/aromatic N) is 2. The molecule has 1 atom stereocenters. The molecule has 0 bridgehead atoms. The number of carbonyl (C=O) groups is 1. The Hall–Kier alpha value is -1.91. The van der Waals surface area contributed by atoms with Crippen molar-refractivity contribution in [2.75, 3.05) is 6.54 Å². The Kier molecular flexibility index (Phi) is 4.54. The Balaban J connectivity index is 2.34. The van der Waals surface area contributed by atoms with Crippen molar-refractivity contribution in [3.63, 3.8) is 0 Å². The van der Waals surface area contributed by atoms with E-state index in [1.165, 1.54) is 0 Å². The van der Waals surface area contributed by atoms with Crippen LogP contribution in [0, 0.1) is 25.2 Å². The first-order valence-corrected chi connectivity index (χ1v) is 8.59. The van der Waals surface area contributed by atoms with Gasteiger partial charge >= 0.3 is 5.97 Å². The zero-order chi connectivity index (χ0) is 16.5. The van der Waals surface area contributed by atoms with Crippen LogP contribution in [0.3, 0.4) is 0 Å². The van der Waals surface area contributed by atoms with Crippen LogP contribution in [-0.2, 0) is 20.6 Å². The molecule has 22 heavy (non-hydrogen) atoms. The van der Waals surface area contributed by atoms with Crippen molar-refractivity contribution in [2.45, 2.75) is 38.5 Å². The number of hydrogen-bond acceptors (Lipinski definition) is 4. The standard InChI is InChI=1S/C15H18N2O4S/c1-10-6-12(8-16)7-11(2)13(10)9-22(20,21)17-5-3-4-14(17)15(18)19/h6-7,14H,3-5,9H2,1-2H3,(H,18,19). The maximum Gasteiger partial charge on any atom is 0.322 e. The Morgan fingerprint density at radius 3 is 2.50 bits per heavy atom. The van der Waals surface area contributed by atoms with Gasteiger partial charge in [-0.25, -0.2) is 8.42 Å². The predicted octanol–water partition coefficient (Wildman–Crippen LogP) is 1.55. The highest BCUT2D eigenvalue weighted by molar-refractivity contribution is 7.88. The molecule has 0 aromatic heterocycles. The quantitative estimate of drug-likeness (QED) is 0.907. The predicted molar refractivity (Wildman–Crippen MR) is 80.6 cm³/mol. The number of aliphatic carboxylic acids is 1. The summed E-state index contributed by atoms with van der Waals surface area (Å²) in [5, 5.41) is 18.1. The molecule has 2 rings (SSSR count). The number of nitriles is 1. The molecule has 6 nitrogen and oxygen atoms in total. The third-order valence-electron chi connectivity index (χ3n) is 4.00. The van der Waals surface area contributed by atoms with Crippen LogP contribution in [0.1, 0.15) is 35.1 Å². The molecular formula is C15H18N2O4S. The summed E-state index contributed by atoms with van der Waals surface area (Å²) in [6.45, 7) is 3.77. The van der Waals surface area contributed by atoms with Crippen LogP contribution in [0.4, 0.5) is 0 Å². The van der Waals surface area contributed by atoms with Gasteiger partial charge in [-0.05, 0) is 55.5 Å². The Morgan fingerprint density at radius 2 is 2.00 bits per heavy atom. The number of carboxylic acids is 1. The van der Waals surface area contributed by atoms with Crippen LogP contribution in [0.5, 0.6) is 0 Å². The molecule has 0 saturated carbocycles. The average Bonchev–Trinajstić information content (AvgIpc) is 2.93. The number of benzene rings is 1. The van der Waals surface area contributed by atoms with E-state index in [1.54, 1.807) is 26.0 Å². The van der Waals surface area contributed by atoms with Crippen molar-refractivity contribution in [3.05, 3.63) is 34.4 Å². The van der Waals surface area contributed by atoms with Gasteiger partial charge in [-0.3, -0.25) is 4.79 Å². The fourth-order valence-electron chi connectivity index (χ4n) is 2.87. The summed E-state index contributed by atoms with van der Waals surface area (Å²) in [7, 11) is -3.70. The largest absolute Gasteiger partial charge is 0.480 e. The van der Waals surface area contributed by atoms with Crippen LogP contribution < -0.4 is 0 Å². The summed E-state index contributed by atoms with van der Waals surface area (Å²) in [4.78, 5) is 11.2. The van der Waals surface area contributed by atoms with Gasteiger partial charge in [0.15, 0.2) is 0 Å². The number of sulfonamides is 1. The highest BCUT2D eigenvalue weighted by Gasteiger charge is 2.38. The van der Waals surface area contributed by atoms with E-state index < -0.39 is 22.0 Å². The summed E-state index contributed by atoms with van der Waals surface area (Å²) in [5.41, 5.74) is 2.58. The molecule has 1 unspecified atom stereocenters. The first-order valence-electron chi connectivity index (χ1n) is 6.99. The lowest BCUT2D eigenvalue weighted by atomic mass is 10.0. The molecular weight excluding hydrogens is 304 g/mol. The van der Waals surface area contributed by atoms with Gasteiger partial charge in [0.25, 0.3) is 0 Å². The number of rotatable bonds is 4. The van der Waals surface area contributed by atoms with E-state index in [0.29, 0.717) is 24.0 Å². The van der Waals surface area contributed by atoms with Gasteiger partial charge in [0, 0.05) is 6.54 Å². The van der Waals surface area contributed by atoms with Gasteiger partial charge in [0.2, 0.25) is 10.0 Å². The molecule has 1 N–H and O–H groups in total. The van der Waals surface area contributed by atoms with Crippen molar-refractivity contribution >= 4 is 16.0 Å². The Labute approximate surface area is 130 Å². The van der Waals surface area contributed by atoms with E-state index in [4.69, 9.17) is 10.4 Å². The third-order valence-corrected chi connectivity index (χ3v) is 5.80. The van der Waals surface area contributed by atoms with E-state index in [0.717, 1.165) is 15.4 Å². The maximum atomic E-state index is 12.6. The first-order chi connectivity index (χ1) is 10.3. The van der Waals surface area contributed by atoms with Gasteiger partial charge in [-0.2, -0.15) is 9.57 Å². The van der Waals surface area contributed by atoms with E-state index in [2.05, 4.69) is 0 Å². The lowest BCUT2D eigenvalue weighted by molar-refractivity contribution is -0.140. The molecule has 1 aromatic carbocycles. The van der Waals surface area contributed by atoms with Gasteiger partial charge in [0.05, 0.1) is 17.4 Å². The smallest absolute Gasteiger partial charge is 0.322 e. The summed E-state index contributed by atoms with van der Waals surface area (Å²) in [5.74, 6) is -1.34. The van der Waals surface area contributed by atoms with Crippen LogP contribution in [0.15, 0.2) is 12.1 Å². The minimum Gasteiger partial charge on any atom is -0.480 e.